The standard InChI is InChI=1S/C21H10Cl3N3O6/c22-10-1-3-11(4-2-10)26-20(29)14(19(28)25-21(26)30)7-12-5-6-18(33-12)13-8-17(27(31)32)16(24)9-15(13)23/h1-9H,(H,25,28,30)/b14-7+. The van der Waals surface area contributed by atoms with Gasteiger partial charge < -0.3 is 4.42 Å². The van der Waals surface area contributed by atoms with Crippen molar-refractivity contribution in [3.63, 3.8) is 0 Å². The summed E-state index contributed by atoms with van der Waals surface area (Å²) in [5.74, 6) is -1.57. The van der Waals surface area contributed by atoms with Crippen LogP contribution in [0.25, 0.3) is 17.4 Å². The number of furan rings is 1. The fraction of sp³-hybridized carbons (Fsp3) is 0. The van der Waals surface area contributed by atoms with Crippen LogP contribution in [0.1, 0.15) is 5.76 Å². The molecule has 0 spiro atoms. The molecular formula is C21H10Cl3N3O6. The van der Waals surface area contributed by atoms with Crippen LogP contribution in [0.3, 0.4) is 0 Å². The quantitative estimate of drug-likeness (QED) is 0.216. The fourth-order valence-electron chi connectivity index (χ4n) is 3.07. The second-order valence-corrected chi connectivity index (χ2v) is 7.93. The number of benzene rings is 2. The van der Waals surface area contributed by atoms with Crippen molar-refractivity contribution >= 4 is 70.1 Å². The van der Waals surface area contributed by atoms with E-state index in [1.165, 1.54) is 42.5 Å². The predicted octanol–water partition coefficient (Wildman–Crippen LogP) is 5.48. The Hall–Kier alpha value is -3.66. The van der Waals surface area contributed by atoms with Crippen molar-refractivity contribution in [3.05, 3.63) is 85.0 Å². The summed E-state index contributed by atoms with van der Waals surface area (Å²) in [5, 5.41) is 13.6. The summed E-state index contributed by atoms with van der Waals surface area (Å²) in [6.07, 6.45) is 1.15. The van der Waals surface area contributed by atoms with E-state index in [1.807, 2.05) is 0 Å². The van der Waals surface area contributed by atoms with Crippen molar-refractivity contribution in [1.29, 1.82) is 0 Å². The lowest BCUT2D eigenvalue weighted by atomic mass is 10.1. The number of halogens is 3. The van der Waals surface area contributed by atoms with Gasteiger partial charge in [0.15, 0.2) is 0 Å². The van der Waals surface area contributed by atoms with E-state index in [4.69, 9.17) is 39.2 Å². The average molecular weight is 507 g/mol. The summed E-state index contributed by atoms with van der Waals surface area (Å²) < 4.78 is 5.63. The first-order valence-electron chi connectivity index (χ1n) is 9.06. The summed E-state index contributed by atoms with van der Waals surface area (Å²) in [7, 11) is 0. The van der Waals surface area contributed by atoms with Gasteiger partial charge in [-0.1, -0.05) is 34.8 Å². The molecule has 4 amide bonds. The van der Waals surface area contributed by atoms with Gasteiger partial charge in [0.05, 0.1) is 15.6 Å². The molecule has 1 N–H and O–H groups in total. The number of hydrogen-bond acceptors (Lipinski definition) is 6. The number of nitro benzene ring substituents is 1. The SMILES string of the molecule is O=C1NC(=O)N(c2ccc(Cl)cc2)C(=O)/C1=C/c1ccc(-c2cc([N+](=O)[O-])c(Cl)cc2Cl)o1. The molecule has 0 radical (unpaired) electrons. The summed E-state index contributed by atoms with van der Waals surface area (Å²) in [4.78, 5) is 48.8. The lowest BCUT2D eigenvalue weighted by Gasteiger charge is -2.26. The van der Waals surface area contributed by atoms with Crippen molar-refractivity contribution in [2.75, 3.05) is 4.90 Å². The minimum atomic E-state index is -0.912. The van der Waals surface area contributed by atoms with Gasteiger partial charge >= 0.3 is 6.03 Å². The molecule has 1 aliphatic heterocycles. The monoisotopic (exact) mass is 505 g/mol. The average Bonchev–Trinajstić information content (AvgIpc) is 3.20. The minimum Gasteiger partial charge on any atom is -0.457 e. The molecule has 4 rings (SSSR count). The number of hydrogen-bond donors (Lipinski definition) is 1. The molecule has 1 aliphatic rings. The summed E-state index contributed by atoms with van der Waals surface area (Å²) in [6.45, 7) is 0. The molecule has 0 bridgehead atoms. The molecule has 3 aromatic rings. The lowest BCUT2D eigenvalue weighted by Crippen LogP contribution is -2.54. The van der Waals surface area contributed by atoms with Gasteiger partial charge in [0.25, 0.3) is 17.5 Å². The minimum absolute atomic E-state index is 0.0718. The highest BCUT2D eigenvalue weighted by molar-refractivity contribution is 6.39. The van der Waals surface area contributed by atoms with E-state index in [0.29, 0.717) is 5.02 Å². The molecule has 0 aliphatic carbocycles. The number of anilines is 1. The van der Waals surface area contributed by atoms with E-state index in [2.05, 4.69) is 5.32 Å². The van der Waals surface area contributed by atoms with Crippen LogP contribution < -0.4 is 10.2 Å². The van der Waals surface area contributed by atoms with Crippen LogP contribution in [-0.2, 0) is 9.59 Å². The van der Waals surface area contributed by atoms with Crippen molar-refractivity contribution in [2.24, 2.45) is 0 Å². The van der Waals surface area contributed by atoms with Gasteiger partial charge in [0, 0.05) is 16.7 Å². The number of barbiturate groups is 1. The fourth-order valence-corrected chi connectivity index (χ4v) is 3.74. The van der Waals surface area contributed by atoms with E-state index in [-0.39, 0.29) is 44.1 Å². The second-order valence-electron chi connectivity index (χ2n) is 6.68. The lowest BCUT2D eigenvalue weighted by molar-refractivity contribution is -0.384. The van der Waals surface area contributed by atoms with Crippen molar-refractivity contribution in [3.8, 4) is 11.3 Å². The number of rotatable bonds is 4. The Kier molecular flexibility index (Phi) is 5.94. The zero-order valence-corrected chi connectivity index (χ0v) is 18.4. The van der Waals surface area contributed by atoms with Crippen LogP contribution in [0.15, 0.2) is 58.5 Å². The first-order chi connectivity index (χ1) is 15.7. The summed E-state index contributed by atoms with van der Waals surface area (Å²) in [5.41, 5.74) is -0.333. The molecule has 9 nitrogen and oxygen atoms in total. The number of amides is 4. The zero-order chi connectivity index (χ0) is 23.9. The largest absolute Gasteiger partial charge is 0.457 e. The van der Waals surface area contributed by atoms with E-state index < -0.39 is 22.8 Å². The third-order valence-electron chi connectivity index (χ3n) is 4.60. The number of urea groups is 1. The van der Waals surface area contributed by atoms with Crippen LogP contribution in [0.2, 0.25) is 15.1 Å². The maximum absolute atomic E-state index is 12.9. The highest BCUT2D eigenvalue weighted by Gasteiger charge is 2.37. The van der Waals surface area contributed by atoms with Gasteiger partial charge in [0.1, 0.15) is 22.1 Å². The number of carbonyl (C=O) groups excluding carboxylic acids is 3. The van der Waals surface area contributed by atoms with E-state index in [1.54, 1.807) is 0 Å². The second kappa shape index (κ2) is 8.70. The van der Waals surface area contributed by atoms with E-state index >= 15 is 0 Å². The molecule has 12 heteroatoms. The molecule has 1 saturated heterocycles. The first-order valence-corrected chi connectivity index (χ1v) is 10.2. The third kappa shape index (κ3) is 4.34. The maximum atomic E-state index is 12.9. The molecule has 0 atom stereocenters. The topological polar surface area (TPSA) is 123 Å². The van der Waals surface area contributed by atoms with Gasteiger partial charge in [-0.05, 0) is 48.5 Å². The number of nitro groups is 1. The molecule has 33 heavy (non-hydrogen) atoms. The molecule has 166 valence electrons. The first kappa shape index (κ1) is 22.5. The molecule has 2 aromatic carbocycles. The zero-order valence-electron chi connectivity index (χ0n) is 16.2. The highest BCUT2D eigenvalue weighted by atomic mass is 35.5. The number of imide groups is 2. The van der Waals surface area contributed by atoms with Gasteiger partial charge in [0.2, 0.25) is 0 Å². The Bertz CT molecular complexity index is 1360. The molecule has 1 aromatic heterocycles. The number of nitrogens with one attached hydrogen (secondary N) is 1. The Morgan fingerprint density at radius 1 is 0.970 bits per heavy atom. The van der Waals surface area contributed by atoms with E-state index in [0.717, 1.165) is 17.0 Å². The van der Waals surface area contributed by atoms with Crippen molar-refractivity contribution in [2.45, 2.75) is 0 Å². The van der Waals surface area contributed by atoms with Gasteiger partial charge in [-0.3, -0.25) is 25.0 Å². The Morgan fingerprint density at radius 2 is 1.67 bits per heavy atom. The molecule has 0 unspecified atom stereocenters. The van der Waals surface area contributed by atoms with Crippen LogP contribution in [0, 0.1) is 10.1 Å². The summed E-state index contributed by atoms with van der Waals surface area (Å²) >= 11 is 17.8. The molecular weight excluding hydrogens is 497 g/mol. The van der Waals surface area contributed by atoms with Crippen molar-refractivity contribution in [1.82, 2.24) is 5.32 Å². The Balaban J connectivity index is 1.70. The van der Waals surface area contributed by atoms with Crippen LogP contribution >= 0.6 is 34.8 Å². The van der Waals surface area contributed by atoms with Gasteiger partial charge in [-0.25, -0.2) is 9.69 Å². The van der Waals surface area contributed by atoms with Crippen LogP contribution in [0.5, 0.6) is 0 Å². The van der Waals surface area contributed by atoms with Gasteiger partial charge in [-0.2, -0.15) is 0 Å². The van der Waals surface area contributed by atoms with Crippen LogP contribution in [0.4, 0.5) is 16.2 Å². The molecule has 0 saturated carbocycles. The normalized spacial score (nSPS) is 15.2. The summed E-state index contributed by atoms with van der Waals surface area (Å²) in [6, 6.07) is 10.2. The van der Waals surface area contributed by atoms with E-state index in [9.17, 15) is 24.5 Å². The third-order valence-corrected chi connectivity index (χ3v) is 5.47. The van der Waals surface area contributed by atoms with Gasteiger partial charge in [-0.15, -0.1) is 0 Å². The number of carbonyl (C=O) groups is 3. The highest BCUT2D eigenvalue weighted by Crippen LogP contribution is 2.37. The Labute approximate surface area is 200 Å². The molecule has 2 heterocycles. The molecule has 1 fully saturated rings. The smallest absolute Gasteiger partial charge is 0.335 e. The predicted molar refractivity (Wildman–Crippen MR) is 121 cm³/mol. The Morgan fingerprint density at radius 3 is 2.33 bits per heavy atom. The van der Waals surface area contributed by atoms with Crippen LogP contribution in [-0.4, -0.2) is 22.8 Å². The van der Waals surface area contributed by atoms with Crippen molar-refractivity contribution < 1.29 is 23.7 Å². The maximum Gasteiger partial charge on any atom is 0.335 e. The number of nitrogens with zero attached hydrogens (tertiary/aromatic N) is 2.